The average molecular weight is 337 g/mol. The molecular weight excluding hydrogens is 319 g/mol. The first-order valence-corrected chi connectivity index (χ1v) is 7.83. The van der Waals surface area contributed by atoms with Gasteiger partial charge in [-0.25, -0.2) is 9.97 Å². The minimum Gasteiger partial charge on any atom is -0.388 e. The number of halogens is 3. The Morgan fingerprint density at radius 1 is 1.08 bits per heavy atom. The molecule has 0 aliphatic carbocycles. The molecule has 0 amide bonds. The Labute approximate surface area is 138 Å². The second-order valence-corrected chi connectivity index (χ2v) is 5.92. The molecule has 2 heterocycles. The van der Waals surface area contributed by atoms with Crippen LogP contribution in [0.4, 0.5) is 19.1 Å². The third-order valence-corrected chi connectivity index (χ3v) is 4.34. The second-order valence-electron chi connectivity index (χ2n) is 5.92. The van der Waals surface area contributed by atoms with E-state index in [1.807, 2.05) is 30.3 Å². The van der Waals surface area contributed by atoms with Gasteiger partial charge < -0.3 is 10.0 Å². The smallest absolute Gasteiger partial charge is 0.388 e. The predicted molar refractivity (Wildman–Crippen MR) is 83.4 cm³/mol. The fourth-order valence-corrected chi connectivity index (χ4v) is 3.00. The van der Waals surface area contributed by atoms with Gasteiger partial charge >= 0.3 is 6.18 Å². The highest BCUT2D eigenvalue weighted by Gasteiger charge is 2.34. The number of hydrogen-bond donors (Lipinski definition) is 1. The fourth-order valence-electron chi connectivity index (χ4n) is 3.00. The molecule has 1 aromatic heterocycles. The Balaban J connectivity index is 1.65. The van der Waals surface area contributed by atoms with Gasteiger partial charge in [0.15, 0.2) is 0 Å². The summed E-state index contributed by atoms with van der Waals surface area (Å²) in [5, 5.41) is 10.5. The van der Waals surface area contributed by atoms with Crippen molar-refractivity contribution in [3.05, 3.63) is 53.9 Å². The minimum absolute atomic E-state index is 0.0782. The molecule has 0 saturated carbocycles. The zero-order valence-corrected chi connectivity index (χ0v) is 12.9. The van der Waals surface area contributed by atoms with Crippen molar-refractivity contribution >= 4 is 5.95 Å². The molecule has 3 rings (SSSR count). The van der Waals surface area contributed by atoms with E-state index in [1.165, 1.54) is 0 Å². The lowest BCUT2D eigenvalue weighted by molar-refractivity contribution is -0.141. The van der Waals surface area contributed by atoms with Gasteiger partial charge in [-0.2, -0.15) is 13.2 Å². The number of piperidine rings is 1. The van der Waals surface area contributed by atoms with Crippen molar-refractivity contribution < 1.29 is 18.3 Å². The summed E-state index contributed by atoms with van der Waals surface area (Å²) in [5.74, 6) is 0.173. The van der Waals surface area contributed by atoms with Gasteiger partial charge in [-0.15, -0.1) is 0 Å². The molecule has 2 aromatic rings. The molecule has 24 heavy (non-hydrogen) atoms. The lowest BCUT2D eigenvalue weighted by atomic mass is 9.87. The van der Waals surface area contributed by atoms with E-state index in [-0.39, 0.29) is 11.9 Å². The molecular formula is C17H18F3N3O. The maximum Gasteiger partial charge on any atom is 0.433 e. The Hall–Kier alpha value is -2.15. The molecule has 128 valence electrons. The molecule has 1 aliphatic heterocycles. The topological polar surface area (TPSA) is 49.2 Å². The molecule has 0 bridgehead atoms. The number of nitrogens with zero attached hydrogens (tertiary/aromatic N) is 3. The van der Waals surface area contributed by atoms with Gasteiger partial charge in [-0.05, 0) is 30.4 Å². The molecule has 7 heteroatoms. The highest BCUT2D eigenvalue weighted by atomic mass is 19.4. The highest BCUT2D eigenvalue weighted by Crippen LogP contribution is 2.32. The first kappa shape index (κ1) is 16.7. The summed E-state index contributed by atoms with van der Waals surface area (Å²) >= 11 is 0. The van der Waals surface area contributed by atoms with Crippen LogP contribution in [0.3, 0.4) is 0 Å². The highest BCUT2D eigenvalue weighted by molar-refractivity contribution is 5.32. The number of aromatic nitrogens is 2. The zero-order valence-electron chi connectivity index (χ0n) is 12.9. The second kappa shape index (κ2) is 6.76. The van der Waals surface area contributed by atoms with Gasteiger partial charge in [-0.3, -0.25) is 0 Å². The number of hydrogen-bond acceptors (Lipinski definition) is 4. The Bertz CT molecular complexity index is 670. The number of anilines is 1. The van der Waals surface area contributed by atoms with Crippen LogP contribution in [0.25, 0.3) is 0 Å². The van der Waals surface area contributed by atoms with Crippen molar-refractivity contribution in [2.45, 2.75) is 25.1 Å². The lowest BCUT2D eigenvalue weighted by Gasteiger charge is -2.34. The number of aliphatic hydroxyl groups excluding tert-OH is 1. The SMILES string of the molecule is O[C@H](c1ccccc1)C1CCN(c2nccc(C(F)(F)F)n2)CC1. The van der Waals surface area contributed by atoms with E-state index < -0.39 is 18.0 Å². The maximum atomic E-state index is 12.7. The van der Waals surface area contributed by atoms with Crippen LogP contribution < -0.4 is 4.90 Å². The van der Waals surface area contributed by atoms with E-state index in [4.69, 9.17) is 0 Å². The molecule has 1 atom stereocenters. The molecule has 4 nitrogen and oxygen atoms in total. The van der Waals surface area contributed by atoms with Gasteiger partial charge in [0, 0.05) is 19.3 Å². The van der Waals surface area contributed by atoms with Crippen LogP contribution in [0.5, 0.6) is 0 Å². The zero-order chi connectivity index (χ0) is 17.2. The van der Waals surface area contributed by atoms with Crippen LogP contribution in [0.15, 0.2) is 42.6 Å². The molecule has 1 saturated heterocycles. The van der Waals surface area contributed by atoms with E-state index in [1.54, 1.807) is 4.90 Å². The van der Waals surface area contributed by atoms with Crippen molar-refractivity contribution in [1.29, 1.82) is 0 Å². The predicted octanol–water partition coefficient (Wildman–Crippen LogP) is 3.45. The third kappa shape index (κ3) is 3.67. The first-order valence-electron chi connectivity index (χ1n) is 7.83. The van der Waals surface area contributed by atoms with Crippen LogP contribution in [-0.2, 0) is 6.18 Å². The van der Waals surface area contributed by atoms with Crippen molar-refractivity contribution in [2.75, 3.05) is 18.0 Å². The van der Waals surface area contributed by atoms with Crippen LogP contribution >= 0.6 is 0 Å². The van der Waals surface area contributed by atoms with Gasteiger partial charge in [0.05, 0.1) is 6.10 Å². The third-order valence-electron chi connectivity index (χ3n) is 4.34. The van der Waals surface area contributed by atoms with Gasteiger partial charge in [0.1, 0.15) is 5.69 Å². The van der Waals surface area contributed by atoms with Crippen LogP contribution in [0, 0.1) is 5.92 Å². The van der Waals surface area contributed by atoms with E-state index in [0.29, 0.717) is 25.9 Å². The summed E-state index contributed by atoms with van der Waals surface area (Å²) in [6, 6.07) is 10.3. The summed E-state index contributed by atoms with van der Waals surface area (Å²) < 4.78 is 38.2. The number of benzene rings is 1. The maximum absolute atomic E-state index is 12.7. The molecule has 1 fully saturated rings. The largest absolute Gasteiger partial charge is 0.433 e. The Kier molecular flexibility index (Phi) is 4.71. The van der Waals surface area contributed by atoms with E-state index >= 15 is 0 Å². The van der Waals surface area contributed by atoms with Gasteiger partial charge in [0.25, 0.3) is 0 Å². The number of alkyl halides is 3. The summed E-state index contributed by atoms with van der Waals surface area (Å²) in [6.07, 6.45) is -2.54. The molecule has 1 aromatic carbocycles. The van der Waals surface area contributed by atoms with Crippen molar-refractivity contribution in [1.82, 2.24) is 9.97 Å². The monoisotopic (exact) mass is 337 g/mol. The standard InChI is InChI=1S/C17H18F3N3O/c18-17(19,20)14-6-9-21-16(22-14)23-10-7-13(8-11-23)15(24)12-4-2-1-3-5-12/h1-6,9,13,15,24H,7-8,10-11H2/t15-/m1/s1. The quantitative estimate of drug-likeness (QED) is 0.932. The van der Waals surface area contributed by atoms with Crippen molar-refractivity contribution in [3.63, 3.8) is 0 Å². The Morgan fingerprint density at radius 2 is 1.75 bits per heavy atom. The number of rotatable bonds is 3. The molecule has 0 radical (unpaired) electrons. The normalized spacial score (nSPS) is 17.8. The van der Waals surface area contributed by atoms with Crippen LogP contribution in [0.1, 0.15) is 30.2 Å². The fraction of sp³-hybridized carbons (Fsp3) is 0.412. The van der Waals surface area contributed by atoms with Crippen molar-refractivity contribution in [3.8, 4) is 0 Å². The molecule has 0 unspecified atom stereocenters. The summed E-state index contributed by atoms with van der Waals surface area (Å²) in [4.78, 5) is 9.32. The summed E-state index contributed by atoms with van der Waals surface area (Å²) in [6.45, 7) is 1.05. The van der Waals surface area contributed by atoms with E-state index in [0.717, 1.165) is 17.8 Å². The molecule has 0 spiro atoms. The number of aliphatic hydroxyl groups is 1. The van der Waals surface area contributed by atoms with E-state index in [2.05, 4.69) is 9.97 Å². The van der Waals surface area contributed by atoms with Crippen LogP contribution in [0.2, 0.25) is 0 Å². The van der Waals surface area contributed by atoms with E-state index in [9.17, 15) is 18.3 Å². The van der Waals surface area contributed by atoms with Gasteiger partial charge in [-0.1, -0.05) is 30.3 Å². The van der Waals surface area contributed by atoms with Gasteiger partial charge in [0.2, 0.25) is 5.95 Å². The summed E-state index contributed by atoms with van der Waals surface area (Å²) in [7, 11) is 0. The molecule has 1 N–H and O–H groups in total. The lowest BCUT2D eigenvalue weighted by Crippen LogP contribution is -2.37. The van der Waals surface area contributed by atoms with Crippen molar-refractivity contribution in [2.24, 2.45) is 5.92 Å². The first-order chi connectivity index (χ1) is 11.4. The molecule has 1 aliphatic rings. The Morgan fingerprint density at radius 3 is 2.38 bits per heavy atom. The van der Waals surface area contributed by atoms with Crippen LogP contribution in [-0.4, -0.2) is 28.2 Å². The average Bonchev–Trinajstić information content (AvgIpc) is 2.61. The minimum atomic E-state index is -4.47. The summed E-state index contributed by atoms with van der Waals surface area (Å²) in [5.41, 5.74) is -0.0646.